The summed E-state index contributed by atoms with van der Waals surface area (Å²) in [6.45, 7) is 2.15. The van der Waals surface area contributed by atoms with Gasteiger partial charge >= 0.3 is 0 Å². The quantitative estimate of drug-likeness (QED) is 0.816. The van der Waals surface area contributed by atoms with Crippen molar-refractivity contribution in [3.63, 3.8) is 0 Å². The monoisotopic (exact) mass is 297 g/mol. The number of rotatable bonds is 5. The van der Waals surface area contributed by atoms with E-state index in [0.717, 1.165) is 5.69 Å². The Kier molecular flexibility index (Phi) is 4.25. The highest BCUT2D eigenvalue weighted by Gasteiger charge is 2.24. The lowest BCUT2D eigenvalue weighted by Gasteiger charge is -2.32. The molecule has 112 valence electrons. The SMILES string of the molecule is CC(Nc1ccc(S(=O)(=O)N(C)C)cc1N)C1CCC1. The summed E-state index contributed by atoms with van der Waals surface area (Å²) in [6, 6.07) is 5.23. The van der Waals surface area contributed by atoms with Crippen LogP contribution in [0, 0.1) is 5.92 Å². The van der Waals surface area contributed by atoms with Crippen LogP contribution in [0.4, 0.5) is 11.4 Å². The molecule has 1 aliphatic carbocycles. The maximum atomic E-state index is 12.0. The van der Waals surface area contributed by atoms with Crippen LogP contribution in [0.1, 0.15) is 26.2 Å². The Hall–Kier alpha value is -1.27. The third-order valence-corrected chi connectivity index (χ3v) is 5.85. The van der Waals surface area contributed by atoms with E-state index in [4.69, 9.17) is 5.73 Å². The van der Waals surface area contributed by atoms with E-state index in [1.807, 2.05) is 0 Å². The first-order valence-corrected chi connectivity index (χ1v) is 8.35. The number of sulfonamides is 1. The van der Waals surface area contributed by atoms with Gasteiger partial charge in [-0.1, -0.05) is 6.42 Å². The predicted octanol–water partition coefficient (Wildman–Crippen LogP) is 2.12. The zero-order valence-corrected chi connectivity index (χ0v) is 13.1. The van der Waals surface area contributed by atoms with Crippen LogP contribution in [0.3, 0.4) is 0 Å². The van der Waals surface area contributed by atoms with Gasteiger partial charge in [-0.25, -0.2) is 12.7 Å². The van der Waals surface area contributed by atoms with E-state index >= 15 is 0 Å². The van der Waals surface area contributed by atoms with Gasteiger partial charge in [-0.05, 0) is 43.9 Å². The number of anilines is 2. The van der Waals surface area contributed by atoms with Crippen molar-refractivity contribution in [3.8, 4) is 0 Å². The number of hydrogen-bond acceptors (Lipinski definition) is 4. The van der Waals surface area contributed by atoms with E-state index in [9.17, 15) is 8.42 Å². The standard InChI is InChI=1S/C14H23N3O2S/c1-10(11-5-4-6-11)16-14-8-7-12(9-13(14)15)20(18,19)17(2)3/h7-11,16H,4-6,15H2,1-3H3. The normalized spacial score (nSPS) is 17.8. The van der Waals surface area contributed by atoms with Gasteiger partial charge in [0, 0.05) is 20.1 Å². The molecule has 1 saturated carbocycles. The van der Waals surface area contributed by atoms with Crippen LogP contribution in [0.25, 0.3) is 0 Å². The van der Waals surface area contributed by atoms with Crippen molar-refractivity contribution >= 4 is 21.4 Å². The fraction of sp³-hybridized carbons (Fsp3) is 0.571. The van der Waals surface area contributed by atoms with Gasteiger partial charge in [-0.2, -0.15) is 0 Å². The average Bonchev–Trinajstić information content (AvgIpc) is 2.29. The third kappa shape index (κ3) is 2.91. The smallest absolute Gasteiger partial charge is 0.242 e. The number of nitrogen functional groups attached to an aromatic ring is 1. The van der Waals surface area contributed by atoms with E-state index < -0.39 is 10.0 Å². The largest absolute Gasteiger partial charge is 0.397 e. The Balaban J connectivity index is 2.17. The van der Waals surface area contributed by atoms with Crippen molar-refractivity contribution < 1.29 is 8.42 Å². The molecule has 1 fully saturated rings. The first-order valence-electron chi connectivity index (χ1n) is 6.91. The minimum absolute atomic E-state index is 0.224. The summed E-state index contributed by atoms with van der Waals surface area (Å²) in [4.78, 5) is 0.224. The van der Waals surface area contributed by atoms with Crippen LogP contribution in [0.2, 0.25) is 0 Å². The van der Waals surface area contributed by atoms with E-state index in [0.29, 0.717) is 17.6 Å². The van der Waals surface area contributed by atoms with E-state index in [-0.39, 0.29) is 4.90 Å². The van der Waals surface area contributed by atoms with Gasteiger partial charge in [0.15, 0.2) is 0 Å². The molecule has 1 aromatic carbocycles. The van der Waals surface area contributed by atoms with Gasteiger partial charge in [0.1, 0.15) is 0 Å². The summed E-state index contributed by atoms with van der Waals surface area (Å²) in [5, 5.41) is 3.39. The Bertz CT molecular complexity index is 580. The Morgan fingerprint density at radius 2 is 2.00 bits per heavy atom. The summed E-state index contributed by atoms with van der Waals surface area (Å²) in [5.41, 5.74) is 7.26. The molecule has 1 aromatic rings. The molecule has 1 aliphatic rings. The second kappa shape index (κ2) is 5.61. The molecule has 5 nitrogen and oxygen atoms in total. The predicted molar refractivity (Wildman–Crippen MR) is 82.2 cm³/mol. The highest BCUT2D eigenvalue weighted by atomic mass is 32.2. The fourth-order valence-corrected chi connectivity index (χ4v) is 3.28. The fourth-order valence-electron chi connectivity index (χ4n) is 2.35. The number of nitrogens with one attached hydrogen (secondary N) is 1. The first-order chi connectivity index (χ1) is 9.32. The highest BCUT2D eigenvalue weighted by Crippen LogP contribution is 2.32. The number of nitrogens with two attached hydrogens (primary N) is 1. The Morgan fingerprint density at radius 1 is 1.35 bits per heavy atom. The minimum Gasteiger partial charge on any atom is -0.397 e. The topological polar surface area (TPSA) is 75.4 Å². The van der Waals surface area contributed by atoms with Gasteiger partial charge in [0.25, 0.3) is 0 Å². The summed E-state index contributed by atoms with van der Waals surface area (Å²) >= 11 is 0. The average molecular weight is 297 g/mol. The van der Waals surface area contributed by atoms with Crippen molar-refractivity contribution in [3.05, 3.63) is 18.2 Å². The molecule has 0 saturated heterocycles. The van der Waals surface area contributed by atoms with E-state index in [1.54, 1.807) is 12.1 Å². The van der Waals surface area contributed by atoms with Crippen LogP contribution in [-0.2, 0) is 10.0 Å². The molecule has 1 unspecified atom stereocenters. The van der Waals surface area contributed by atoms with Crippen molar-refractivity contribution in [1.29, 1.82) is 0 Å². The van der Waals surface area contributed by atoms with Gasteiger partial charge < -0.3 is 11.1 Å². The molecule has 1 atom stereocenters. The molecule has 6 heteroatoms. The van der Waals surface area contributed by atoms with Crippen molar-refractivity contribution in [2.75, 3.05) is 25.1 Å². The Labute approximate surface area is 121 Å². The van der Waals surface area contributed by atoms with E-state index in [2.05, 4.69) is 12.2 Å². The zero-order valence-electron chi connectivity index (χ0n) is 12.3. The lowest BCUT2D eigenvalue weighted by Crippen LogP contribution is -2.31. The number of benzene rings is 1. The first kappa shape index (κ1) is 15.1. The Morgan fingerprint density at radius 3 is 2.45 bits per heavy atom. The lowest BCUT2D eigenvalue weighted by molar-refractivity contribution is 0.285. The molecule has 0 bridgehead atoms. The van der Waals surface area contributed by atoms with Gasteiger partial charge in [-0.3, -0.25) is 0 Å². The molecule has 0 amide bonds. The molecular weight excluding hydrogens is 274 g/mol. The van der Waals surface area contributed by atoms with Crippen LogP contribution in [-0.4, -0.2) is 32.9 Å². The highest BCUT2D eigenvalue weighted by molar-refractivity contribution is 7.89. The maximum Gasteiger partial charge on any atom is 0.242 e. The third-order valence-electron chi connectivity index (χ3n) is 4.04. The van der Waals surface area contributed by atoms with Gasteiger partial charge in [0.2, 0.25) is 10.0 Å². The van der Waals surface area contributed by atoms with Crippen LogP contribution in [0.5, 0.6) is 0 Å². The minimum atomic E-state index is -3.43. The molecule has 20 heavy (non-hydrogen) atoms. The number of hydrogen-bond donors (Lipinski definition) is 2. The van der Waals surface area contributed by atoms with Crippen molar-refractivity contribution in [1.82, 2.24) is 4.31 Å². The molecular formula is C14H23N3O2S. The van der Waals surface area contributed by atoms with Crippen LogP contribution in [0.15, 0.2) is 23.1 Å². The molecule has 0 aromatic heterocycles. The van der Waals surface area contributed by atoms with Crippen LogP contribution < -0.4 is 11.1 Å². The van der Waals surface area contributed by atoms with E-state index in [1.165, 1.54) is 43.7 Å². The number of nitrogens with zero attached hydrogens (tertiary/aromatic N) is 1. The molecule has 3 N–H and O–H groups in total. The maximum absolute atomic E-state index is 12.0. The molecule has 0 radical (unpaired) electrons. The van der Waals surface area contributed by atoms with Gasteiger partial charge in [0.05, 0.1) is 16.3 Å². The van der Waals surface area contributed by atoms with Crippen molar-refractivity contribution in [2.45, 2.75) is 37.1 Å². The summed E-state index contributed by atoms with van der Waals surface area (Å²) < 4.78 is 25.2. The molecule has 2 rings (SSSR count). The summed E-state index contributed by atoms with van der Waals surface area (Å²) in [6.07, 6.45) is 3.80. The van der Waals surface area contributed by atoms with Crippen LogP contribution >= 0.6 is 0 Å². The molecule has 0 spiro atoms. The molecule has 0 aliphatic heterocycles. The second-order valence-electron chi connectivity index (χ2n) is 5.66. The zero-order chi connectivity index (χ0) is 14.9. The van der Waals surface area contributed by atoms with Crippen molar-refractivity contribution in [2.24, 2.45) is 5.92 Å². The summed E-state index contributed by atoms with van der Waals surface area (Å²) in [7, 11) is -0.408. The van der Waals surface area contributed by atoms with Gasteiger partial charge in [-0.15, -0.1) is 0 Å². The molecule has 0 heterocycles. The lowest BCUT2D eigenvalue weighted by atomic mass is 9.80. The second-order valence-corrected chi connectivity index (χ2v) is 7.81. The summed E-state index contributed by atoms with van der Waals surface area (Å²) in [5.74, 6) is 0.694.